The number of hydrogen-bond donors (Lipinski definition) is 3. The molecule has 100 valence electrons. The SMILES string of the molecule is B[C@@H]1O[C@H](COP(=O)(O)n2ccnc2)C(O)C1O. The lowest BCUT2D eigenvalue weighted by molar-refractivity contribution is -0.00523. The number of hydrogen-bond acceptors (Lipinski definition) is 6. The summed E-state index contributed by atoms with van der Waals surface area (Å²) in [5.41, 5.74) is 0. The molecule has 0 aromatic carbocycles. The Bertz CT molecular complexity index is 443. The standard InChI is InChI=1S/C8H14BN2O6P/c9-8-7(13)6(12)5(17-8)3-16-18(14,15)11-2-1-10-4-11/h1-2,4-8,12-13H,3,9H2,(H,14,15)/t5-,6?,7?,8-/m1/s1. The van der Waals surface area contributed by atoms with Gasteiger partial charge in [0, 0.05) is 12.4 Å². The average Bonchev–Trinajstić information content (AvgIpc) is 2.92. The summed E-state index contributed by atoms with van der Waals surface area (Å²) in [5.74, 6) is 0. The van der Waals surface area contributed by atoms with Crippen molar-refractivity contribution in [2.45, 2.75) is 24.3 Å². The van der Waals surface area contributed by atoms with Crippen LogP contribution in [-0.2, 0) is 13.8 Å². The van der Waals surface area contributed by atoms with E-state index in [2.05, 4.69) is 4.98 Å². The number of aliphatic hydroxyl groups is 2. The van der Waals surface area contributed by atoms with Crippen molar-refractivity contribution in [3.8, 4) is 0 Å². The zero-order valence-electron chi connectivity index (χ0n) is 9.66. The van der Waals surface area contributed by atoms with E-state index in [4.69, 9.17) is 9.26 Å². The molecule has 0 aliphatic carbocycles. The summed E-state index contributed by atoms with van der Waals surface area (Å²) < 4.78 is 22.8. The molecule has 0 spiro atoms. The minimum Gasteiger partial charge on any atom is -0.388 e. The molecule has 2 rings (SSSR count). The average molecular weight is 276 g/mol. The molecule has 1 aromatic heterocycles. The minimum absolute atomic E-state index is 0.297. The van der Waals surface area contributed by atoms with Gasteiger partial charge in [-0.2, -0.15) is 0 Å². The highest BCUT2D eigenvalue weighted by Gasteiger charge is 2.41. The molecule has 1 aliphatic heterocycles. The Labute approximate surface area is 104 Å². The molecule has 0 radical (unpaired) electrons. The normalized spacial score (nSPS) is 35.5. The molecule has 0 amide bonds. The third-order valence-electron chi connectivity index (χ3n) is 2.79. The van der Waals surface area contributed by atoms with Crippen molar-refractivity contribution in [2.24, 2.45) is 0 Å². The lowest BCUT2D eigenvalue weighted by atomic mass is 9.93. The van der Waals surface area contributed by atoms with Gasteiger partial charge in [0.15, 0.2) is 0 Å². The van der Waals surface area contributed by atoms with Gasteiger partial charge < -0.3 is 19.8 Å². The number of ether oxygens (including phenoxy) is 1. The molecule has 1 aliphatic rings. The summed E-state index contributed by atoms with van der Waals surface area (Å²) in [5, 5.41) is 19.1. The molecule has 5 atom stereocenters. The number of rotatable bonds is 4. The van der Waals surface area contributed by atoms with Crippen molar-refractivity contribution in [1.29, 1.82) is 0 Å². The number of aliphatic hydroxyl groups excluding tert-OH is 2. The van der Waals surface area contributed by atoms with Gasteiger partial charge in [-0.1, -0.05) is 0 Å². The second-order valence-corrected chi connectivity index (χ2v) is 5.79. The maximum Gasteiger partial charge on any atom is 0.437 e. The third-order valence-corrected chi connectivity index (χ3v) is 4.10. The van der Waals surface area contributed by atoms with Crippen LogP contribution in [0.25, 0.3) is 0 Å². The molecular weight excluding hydrogens is 262 g/mol. The summed E-state index contributed by atoms with van der Waals surface area (Å²) in [6.07, 6.45) is 0.805. The second kappa shape index (κ2) is 5.12. The molecule has 10 heteroatoms. The molecule has 3 N–H and O–H groups in total. The fraction of sp³-hybridized carbons (Fsp3) is 0.625. The number of aromatic nitrogens is 2. The zero-order chi connectivity index (χ0) is 13.3. The van der Waals surface area contributed by atoms with Crippen LogP contribution in [0.3, 0.4) is 0 Å². The Morgan fingerprint density at radius 1 is 1.50 bits per heavy atom. The van der Waals surface area contributed by atoms with Gasteiger partial charge >= 0.3 is 7.75 Å². The van der Waals surface area contributed by atoms with Crippen LogP contribution in [0, 0.1) is 0 Å². The quantitative estimate of drug-likeness (QED) is 0.427. The first-order chi connectivity index (χ1) is 8.42. The van der Waals surface area contributed by atoms with Gasteiger partial charge in [0.05, 0.1) is 12.6 Å². The maximum absolute atomic E-state index is 11.8. The van der Waals surface area contributed by atoms with Crippen molar-refractivity contribution in [2.75, 3.05) is 6.61 Å². The van der Waals surface area contributed by atoms with E-state index in [0.29, 0.717) is 0 Å². The monoisotopic (exact) mass is 276 g/mol. The molecule has 2 heterocycles. The van der Waals surface area contributed by atoms with Gasteiger partial charge in [-0.3, -0.25) is 4.52 Å². The van der Waals surface area contributed by atoms with E-state index >= 15 is 0 Å². The topological polar surface area (TPSA) is 114 Å². The largest absolute Gasteiger partial charge is 0.437 e. The van der Waals surface area contributed by atoms with E-state index < -0.39 is 32.1 Å². The highest BCUT2D eigenvalue weighted by atomic mass is 31.2. The Balaban J connectivity index is 1.95. The van der Waals surface area contributed by atoms with E-state index in [1.165, 1.54) is 12.4 Å². The lowest BCUT2D eigenvalue weighted by Gasteiger charge is -2.17. The number of imidazole rings is 1. The van der Waals surface area contributed by atoms with Gasteiger partial charge in [0.1, 0.15) is 32.5 Å². The first-order valence-corrected chi connectivity index (χ1v) is 6.92. The molecule has 1 aromatic rings. The molecule has 3 unspecified atom stereocenters. The van der Waals surface area contributed by atoms with E-state index in [9.17, 15) is 19.7 Å². The Hall–Kier alpha value is -0.695. The summed E-state index contributed by atoms with van der Waals surface area (Å²) >= 11 is 0. The molecular formula is C8H14BN2O6P. The van der Waals surface area contributed by atoms with E-state index in [-0.39, 0.29) is 6.61 Å². The zero-order valence-corrected chi connectivity index (χ0v) is 10.6. The first-order valence-electron chi connectivity index (χ1n) is 5.39. The Morgan fingerprint density at radius 2 is 2.22 bits per heavy atom. The van der Waals surface area contributed by atoms with Gasteiger partial charge in [0.2, 0.25) is 0 Å². The Morgan fingerprint density at radius 3 is 2.72 bits per heavy atom. The van der Waals surface area contributed by atoms with E-state index in [0.717, 1.165) is 10.7 Å². The van der Waals surface area contributed by atoms with E-state index in [1.807, 2.05) is 0 Å². The minimum atomic E-state index is -4.03. The van der Waals surface area contributed by atoms with Crippen LogP contribution in [0.5, 0.6) is 0 Å². The molecule has 18 heavy (non-hydrogen) atoms. The smallest absolute Gasteiger partial charge is 0.388 e. The summed E-state index contributed by atoms with van der Waals surface area (Å²) in [6, 6.07) is -0.542. The van der Waals surface area contributed by atoms with Crippen molar-refractivity contribution >= 4 is 15.6 Å². The summed E-state index contributed by atoms with van der Waals surface area (Å²) in [7, 11) is -2.43. The highest BCUT2D eigenvalue weighted by Crippen LogP contribution is 2.43. The van der Waals surface area contributed by atoms with Crippen LogP contribution in [0.4, 0.5) is 0 Å². The van der Waals surface area contributed by atoms with Crippen LogP contribution >= 0.6 is 7.75 Å². The molecule has 0 saturated carbocycles. The van der Waals surface area contributed by atoms with Gasteiger partial charge in [-0.15, -0.1) is 0 Å². The predicted octanol–water partition coefficient (Wildman–Crippen LogP) is -2.07. The fourth-order valence-electron chi connectivity index (χ4n) is 1.71. The fourth-order valence-corrected chi connectivity index (χ4v) is 2.60. The molecule has 1 fully saturated rings. The Kier molecular flexibility index (Phi) is 3.91. The van der Waals surface area contributed by atoms with Crippen LogP contribution < -0.4 is 0 Å². The second-order valence-electron chi connectivity index (χ2n) is 4.09. The van der Waals surface area contributed by atoms with Gasteiger partial charge in [0.25, 0.3) is 0 Å². The van der Waals surface area contributed by atoms with Gasteiger partial charge in [-0.05, 0) is 0 Å². The van der Waals surface area contributed by atoms with Crippen LogP contribution in [0.1, 0.15) is 0 Å². The van der Waals surface area contributed by atoms with Crippen molar-refractivity contribution in [3.63, 3.8) is 0 Å². The van der Waals surface area contributed by atoms with Crippen molar-refractivity contribution in [1.82, 2.24) is 9.32 Å². The van der Waals surface area contributed by atoms with Crippen molar-refractivity contribution in [3.05, 3.63) is 18.7 Å². The predicted molar refractivity (Wildman–Crippen MR) is 62.6 cm³/mol. The van der Waals surface area contributed by atoms with Crippen LogP contribution in [0.15, 0.2) is 18.7 Å². The molecule has 0 bridgehead atoms. The molecule has 8 nitrogen and oxygen atoms in total. The van der Waals surface area contributed by atoms with E-state index in [1.54, 1.807) is 7.85 Å². The molecule has 1 saturated heterocycles. The first kappa shape index (κ1) is 13.7. The lowest BCUT2D eigenvalue weighted by Crippen LogP contribution is -2.34. The maximum atomic E-state index is 11.8. The third kappa shape index (κ3) is 2.66. The van der Waals surface area contributed by atoms with Crippen LogP contribution in [0.2, 0.25) is 0 Å². The summed E-state index contributed by atoms with van der Waals surface area (Å²) in [4.78, 5) is 13.2. The van der Waals surface area contributed by atoms with Crippen molar-refractivity contribution < 1.29 is 28.9 Å². The summed E-state index contributed by atoms with van der Waals surface area (Å²) in [6.45, 7) is -0.297. The van der Waals surface area contributed by atoms with Crippen LogP contribution in [-0.4, -0.2) is 63.2 Å². The number of nitrogens with zero attached hydrogens (tertiary/aromatic N) is 2. The highest BCUT2D eigenvalue weighted by molar-refractivity contribution is 7.51. The van der Waals surface area contributed by atoms with Gasteiger partial charge in [-0.25, -0.2) is 13.9 Å².